The summed E-state index contributed by atoms with van der Waals surface area (Å²) in [5.74, 6) is 0.397. The zero-order chi connectivity index (χ0) is 14.0. The largest absolute Gasteiger partial charge is 0.392 e. The van der Waals surface area contributed by atoms with Gasteiger partial charge in [-0.25, -0.2) is 0 Å². The monoisotopic (exact) mass is 285 g/mol. The minimum Gasteiger partial charge on any atom is -0.392 e. The molecule has 0 bridgehead atoms. The number of aryl methyl sites for hydroxylation is 2. The molecule has 5 heteroatoms. The first-order valence-corrected chi connectivity index (χ1v) is 7.59. The van der Waals surface area contributed by atoms with E-state index in [1.165, 1.54) is 0 Å². The Morgan fingerprint density at radius 1 is 1.42 bits per heavy atom. The summed E-state index contributed by atoms with van der Waals surface area (Å²) in [6.07, 6.45) is 1.68. The molecule has 0 radical (unpaired) electrons. The number of hydrogen-bond acceptors (Lipinski definition) is 3. The van der Waals surface area contributed by atoms with Crippen molar-refractivity contribution in [2.75, 3.05) is 13.1 Å². The van der Waals surface area contributed by atoms with E-state index in [1.54, 1.807) is 0 Å². The van der Waals surface area contributed by atoms with E-state index in [9.17, 15) is 5.11 Å². The van der Waals surface area contributed by atoms with Crippen LogP contribution in [0.4, 0.5) is 0 Å². The maximum Gasteiger partial charge on any atom is 0.0863 e. The van der Waals surface area contributed by atoms with Gasteiger partial charge in [0.2, 0.25) is 0 Å². The summed E-state index contributed by atoms with van der Waals surface area (Å²) in [6, 6.07) is 0. The van der Waals surface area contributed by atoms with Crippen molar-refractivity contribution < 1.29 is 5.11 Å². The average Bonchev–Trinajstić information content (AvgIpc) is 2.70. The standard InChI is InChI=1S/C14H24ClN3O/c1-4-11-14(15)12(18(5-2)16-11)8-17-7-6-10(3)13(19)9-17/h10,13,19H,4-9H2,1-3H3. The summed E-state index contributed by atoms with van der Waals surface area (Å²) < 4.78 is 1.99. The first-order valence-electron chi connectivity index (χ1n) is 7.21. The van der Waals surface area contributed by atoms with Gasteiger partial charge in [0, 0.05) is 19.6 Å². The predicted octanol–water partition coefficient (Wildman–Crippen LogP) is 2.32. The zero-order valence-electron chi connectivity index (χ0n) is 12.1. The smallest absolute Gasteiger partial charge is 0.0863 e. The second kappa shape index (κ2) is 6.25. The molecule has 0 saturated carbocycles. The average molecular weight is 286 g/mol. The first kappa shape index (κ1) is 14.8. The second-order valence-corrected chi connectivity index (χ2v) is 5.82. The van der Waals surface area contributed by atoms with Gasteiger partial charge in [-0.3, -0.25) is 9.58 Å². The number of aliphatic hydroxyl groups excluding tert-OH is 1. The molecule has 0 spiro atoms. The highest BCUT2D eigenvalue weighted by Gasteiger charge is 2.26. The lowest BCUT2D eigenvalue weighted by Gasteiger charge is -2.34. The zero-order valence-corrected chi connectivity index (χ0v) is 12.8. The van der Waals surface area contributed by atoms with Gasteiger partial charge >= 0.3 is 0 Å². The second-order valence-electron chi connectivity index (χ2n) is 5.45. The van der Waals surface area contributed by atoms with Gasteiger partial charge in [0.15, 0.2) is 0 Å². The van der Waals surface area contributed by atoms with E-state index in [0.29, 0.717) is 5.92 Å². The van der Waals surface area contributed by atoms with Gasteiger partial charge in [-0.2, -0.15) is 5.10 Å². The lowest BCUT2D eigenvalue weighted by Crippen LogP contribution is -2.42. The fraction of sp³-hybridized carbons (Fsp3) is 0.786. The molecule has 1 aliphatic rings. The maximum atomic E-state index is 9.98. The van der Waals surface area contributed by atoms with Gasteiger partial charge < -0.3 is 5.11 Å². The van der Waals surface area contributed by atoms with Crippen molar-refractivity contribution in [3.63, 3.8) is 0 Å². The fourth-order valence-electron chi connectivity index (χ4n) is 2.64. The van der Waals surface area contributed by atoms with Crippen molar-refractivity contribution in [2.45, 2.75) is 52.8 Å². The minimum absolute atomic E-state index is 0.226. The number of β-amino-alcohol motifs (C(OH)–C–C–N with tert-alkyl or cyclic N) is 1. The molecule has 1 aliphatic heterocycles. The molecule has 2 atom stereocenters. The van der Waals surface area contributed by atoms with Crippen LogP contribution in [0.1, 0.15) is 38.6 Å². The first-order chi connectivity index (χ1) is 9.06. The van der Waals surface area contributed by atoms with E-state index in [-0.39, 0.29) is 6.10 Å². The number of piperidine rings is 1. The van der Waals surface area contributed by atoms with Gasteiger partial charge in [0.1, 0.15) is 0 Å². The Morgan fingerprint density at radius 3 is 2.74 bits per heavy atom. The molecule has 1 saturated heterocycles. The lowest BCUT2D eigenvalue weighted by atomic mass is 9.96. The molecule has 0 aliphatic carbocycles. The molecule has 4 nitrogen and oxygen atoms in total. The van der Waals surface area contributed by atoms with E-state index < -0.39 is 0 Å². The number of aliphatic hydroxyl groups is 1. The van der Waals surface area contributed by atoms with Gasteiger partial charge in [-0.1, -0.05) is 25.4 Å². The van der Waals surface area contributed by atoms with Crippen molar-refractivity contribution in [2.24, 2.45) is 5.92 Å². The Hall–Kier alpha value is -0.580. The number of hydrogen-bond donors (Lipinski definition) is 1. The molecule has 2 rings (SSSR count). The van der Waals surface area contributed by atoms with Crippen molar-refractivity contribution in [1.29, 1.82) is 0 Å². The number of aromatic nitrogens is 2. The SMILES string of the molecule is CCc1nn(CC)c(CN2CCC(C)C(O)C2)c1Cl. The molecule has 19 heavy (non-hydrogen) atoms. The van der Waals surface area contributed by atoms with Crippen LogP contribution in [0.2, 0.25) is 5.02 Å². The molecule has 108 valence electrons. The Bertz CT molecular complexity index is 433. The Kier molecular flexibility index (Phi) is 4.87. The topological polar surface area (TPSA) is 41.3 Å². The molecule has 0 aromatic carbocycles. The van der Waals surface area contributed by atoms with Crippen LogP contribution in [-0.2, 0) is 19.5 Å². The van der Waals surface area contributed by atoms with Crippen LogP contribution in [0.5, 0.6) is 0 Å². The van der Waals surface area contributed by atoms with Crippen LogP contribution >= 0.6 is 11.6 Å². The van der Waals surface area contributed by atoms with Gasteiger partial charge in [0.05, 0.1) is 22.5 Å². The quantitative estimate of drug-likeness (QED) is 0.923. The fourth-order valence-corrected chi connectivity index (χ4v) is 2.97. The molecule has 1 aromatic rings. The molecule has 1 N–H and O–H groups in total. The van der Waals surface area contributed by atoms with Crippen molar-refractivity contribution >= 4 is 11.6 Å². The summed E-state index contributed by atoms with van der Waals surface area (Å²) in [7, 11) is 0. The molecule has 2 unspecified atom stereocenters. The lowest BCUT2D eigenvalue weighted by molar-refractivity contribution is 0.0249. The van der Waals surface area contributed by atoms with E-state index >= 15 is 0 Å². The van der Waals surface area contributed by atoms with Crippen LogP contribution in [0.25, 0.3) is 0 Å². The van der Waals surface area contributed by atoms with Crippen LogP contribution in [0, 0.1) is 5.92 Å². The third-order valence-corrected chi connectivity index (χ3v) is 4.51. The normalized spacial score (nSPS) is 24.9. The highest BCUT2D eigenvalue weighted by Crippen LogP contribution is 2.25. The van der Waals surface area contributed by atoms with Gasteiger partial charge in [-0.15, -0.1) is 0 Å². The van der Waals surface area contributed by atoms with Crippen molar-refractivity contribution in [1.82, 2.24) is 14.7 Å². The number of nitrogens with zero attached hydrogens (tertiary/aromatic N) is 3. The predicted molar refractivity (Wildman–Crippen MR) is 77.4 cm³/mol. The van der Waals surface area contributed by atoms with Crippen LogP contribution < -0.4 is 0 Å². The van der Waals surface area contributed by atoms with Crippen molar-refractivity contribution in [3.05, 3.63) is 16.4 Å². The Balaban J connectivity index is 2.12. The van der Waals surface area contributed by atoms with E-state index in [2.05, 4.69) is 30.8 Å². The van der Waals surface area contributed by atoms with E-state index in [0.717, 1.165) is 55.4 Å². The van der Waals surface area contributed by atoms with Gasteiger partial charge in [-0.05, 0) is 32.2 Å². The van der Waals surface area contributed by atoms with Gasteiger partial charge in [0.25, 0.3) is 0 Å². The number of halogens is 1. The summed E-state index contributed by atoms with van der Waals surface area (Å²) in [6.45, 7) is 9.63. The van der Waals surface area contributed by atoms with E-state index in [1.807, 2.05) is 4.68 Å². The summed E-state index contributed by atoms with van der Waals surface area (Å²) >= 11 is 6.42. The summed E-state index contributed by atoms with van der Waals surface area (Å²) in [5.41, 5.74) is 2.06. The molecule has 1 fully saturated rings. The Labute approximate surface area is 120 Å². The minimum atomic E-state index is -0.226. The summed E-state index contributed by atoms with van der Waals surface area (Å²) in [4.78, 5) is 2.28. The molecule has 1 aromatic heterocycles. The van der Waals surface area contributed by atoms with Crippen molar-refractivity contribution in [3.8, 4) is 0 Å². The molecular weight excluding hydrogens is 262 g/mol. The highest BCUT2D eigenvalue weighted by molar-refractivity contribution is 6.31. The molecule has 0 amide bonds. The summed E-state index contributed by atoms with van der Waals surface area (Å²) in [5, 5.41) is 15.3. The van der Waals surface area contributed by atoms with Crippen LogP contribution in [-0.4, -0.2) is 39.0 Å². The number of likely N-dealkylation sites (tertiary alicyclic amines) is 1. The molecular formula is C14H24ClN3O. The Morgan fingerprint density at radius 2 is 2.16 bits per heavy atom. The third kappa shape index (κ3) is 3.12. The van der Waals surface area contributed by atoms with Crippen LogP contribution in [0.3, 0.4) is 0 Å². The van der Waals surface area contributed by atoms with E-state index in [4.69, 9.17) is 11.6 Å². The molecule has 2 heterocycles. The third-order valence-electron chi connectivity index (χ3n) is 4.07. The highest BCUT2D eigenvalue weighted by atomic mass is 35.5. The maximum absolute atomic E-state index is 9.98. The van der Waals surface area contributed by atoms with Crippen LogP contribution in [0.15, 0.2) is 0 Å². The number of rotatable bonds is 4.